The first kappa shape index (κ1) is 16.4. The molecule has 5 nitrogen and oxygen atoms in total. The topological polar surface area (TPSA) is 59.8 Å². The number of hydrogen-bond donors (Lipinski definition) is 1. The number of aryl methyl sites for hydroxylation is 1. The van der Waals surface area contributed by atoms with Gasteiger partial charge in [-0.2, -0.15) is 0 Å². The minimum atomic E-state index is -0.538. The van der Waals surface area contributed by atoms with Gasteiger partial charge < -0.3 is 9.88 Å². The van der Waals surface area contributed by atoms with Crippen molar-refractivity contribution in [3.63, 3.8) is 0 Å². The average Bonchev–Trinajstić information content (AvgIpc) is 2.91. The van der Waals surface area contributed by atoms with Crippen LogP contribution in [0.25, 0.3) is 11.4 Å². The van der Waals surface area contributed by atoms with Crippen LogP contribution in [0, 0.1) is 5.82 Å². The molecule has 26 heavy (non-hydrogen) atoms. The van der Waals surface area contributed by atoms with Crippen molar-refractivity contribution in [3.8, 4) is 11.4 Å². The van der Waals surface area contributed by atoms with Crippen molar-refractivity contribution in [1.29, 1.82) is 0 Å². The summed E-state index contributed by atoms with van der Waals surface area (Å²) < 4.78 is 15.9. The van der Waals surface area contributed by atoms with Gasteiger partial charge in [-0.3, -0.25) is 4.79 Å². The Kier molecular flexibility index (Phi) is 4.48. The summed E-state index contributed by atoms with van der Waals surface area (Å²) >= 11 is 0. The summed E-state index contributed by atoms with van der Waals surface area (Å²) in [6.45, 7) is 0.906. The number of halogens is 1. The molecule has 2 aromatic carbocycles. The molecule has 0 radical (unpaired) electrons. The monoisotopic (exact) mass is 350 g/mol. The number of carbonyl (C=O) groups excluding carboxylic acids is 1. The van der Waals surface area contributed by atoms with Crippen LogP contribution in [0.1, 0.15) is 35.4 Å². The second-order valence-corrected chi connectivity index (χ2v) is 6.42. The van der Waals surface area contributed by atoms with Crippen LogP contribution in [0.15, 0.2) is 48.5 Å². The van der Waals surface area contributed by atoms with Gasteiger partial charge in [0, 0.05) is 24.2 Å². The van der Waals surface area contributed by atoms with Crippen LogP contribution in [-0.2, 0) is 13.0 Å². The van der Waals surface area contributed by atoms with Crippen molar-refractivity contribution < 1.29 is 9.18 Å². The number of aromatic nitrogens is 3. The SMILES string of the molecule is O=C(Nc1cccc(-c2nnc3n2CCCCC3)c1)c1ccccc1F. The van der Waals surface area contributed by atoms with Gasteiger partial charge in [0.05, 0.1) is 5.56 Å². The number of benzene rings is 2. The van der Waals surface area contributed by atoms with Gasteiger partial charge in [-0.15, -0.1) is 10.2 Å². The lowest BCUT2D eigenvalue weighted by molar-refractivity contribution is 0.102. The fraction of sp³-hybridized carbons (Fsp3) is 0.250. The van der Waals surface area contributed by atoms with Crippen molar-refractivity contribution in [2.75, 3.05) is 5.32 Å². The van der Waals surface area contributed by atoms with Crippen LogP contribution in [0.5, 0.6) is 0 Å². The fourth-order valence-corrected chi connectivity index (χ4v) is 3.28. The van der Waals surface area contributed by atoms with Gasteiger partial charge in [-0.25, -0.2) is 4.39 Å². The molecule has 0 saturated carbocycles. The van der Waals surface area contributed by atoms with Crippen LogP contribution < -0.4 is 5.32 Å². The molecule has 0 unspecified atom stereocenters. The Hall–Kier alpha value is -3.02. The van der Waals surface area contributed by atoms with Crippen LogP contribution in [0.2, 0.25) is 0 Å². The predicted molar refractivity (Wildman–Crippen MR) is 97.4 cm³/mol. The lowest BCUT2D eigenvalue weighted by atomic mass is 10.1. The number of rotatable bonds is 3. The molecule has 6 heteroatoms. The van der Waals surface area contributed by atoms with E-state index in [1.54, 1.807) is 18.2 Å². The molecule has 1 aliphatic rings. The average molecular weight is 350 g/mol. The molecule has 132 valence electrons. The van der Waals surface area contributed by atoms with E-state index in [2.05, 4.69) is 20.1 Å². The van der Waals surface area contributed by atoms with Crippen molar-refractivity contribution in [2.45, 2.75) is 32.2 Å². The smallest absolute Gasteiger partial charge is 0.258 e. The van der Waals surface area contributed by atoms with E-state index in [1.807, 2.05) is 18.2 Å². The minimum Gasteiger partial charge on any atom is -0.322 e. The lowest BCUT2D eigenvalue weighted by Crippen LogP contribution is -2.13. The summed E-state index contributed by atoms with van der Waals surface area (Å²) in [4.78, 5) is 12.3. The molecule has 1 aliphatic heterocycles. The van der Waals surface area contributed by atoms with Crippen LogP contribution >= 0.6 is 0 Å². The van der Waals surface area contributed by atoms with Gasteiger partial charge in [-0.1, -0.05) is 30.7 Å². The standard InChI is InChI=1S/C20H19FN4O/c21-17-10-4-3-9-16(17)20(26)22-15-8-6-7-14(13-15)19-24-23-18-11-2-1-5-12-25(18)19/h3-4,6-10,13H,1-2,5,11-12H2,(H,22,26). The fourth-order valence-electron chi connectivity index (χ4n) is 3.28. The number of fused-ring (bicyclic) bond motifs is 1. The Labute approximate surface area is 150 Å². The van der Waals surface area contributed by atoms with Crippen molar-refractivity contribution in [2.24, 2.45) is 0 Å². The van der Waals surface area contributed by atoms with Crippen molar-refractivity contribution in [1.82, 2.24) is 14.8 Å². The predicted octanol–water partition coefficient (Wildman–Crippen LogP) is 4.06. The zero-order valence-electron chi connectivity index (χ0n) is 14.3. The summed E-state index contributed by atoms with van der Waals surface area (Å²) in [6.07, 6.45) is 4.39. The molecule has 0 fully saturated rings. The Morgan fingerprint density at radius 1 is 1.04 bits per heavy atom. The summed E-state index contributed by atoms with van der Waals surface area (Å²) in [6, 6.07) is 13.4. The van der Waals surface area contributed by atoms with E-state index in [1.165, 1.54) is 18.6 Å². The summed E-state index contributed by atoms with van der Waals surface area (Å²) in [5, 5.41) is 11.4. The second kappa shape index (κ2) is 7.07. The van der Waals surface area contributed by atoms with E-state index >= 15 is 0 Å². The molecular formula is C20H19FN4O. The lowest BCUT2D eigenvalue weighted by Gasteiger charge is -2.10. The highest BCUT2D eigenvalue weighted by Gasteiger charge is 2.17. The normalized spacial score (nSPS) is 13.7. The maximum atomic E-state index is 13.8. The third-order valence-electron chi connectivity index (χ3n) is 4.61. The van der Waals surface area contributed by atoms with Crippen LogP contribution in [0.3, 0.4) is 0 Å². The van der Waals surface area contributed by atoms with E-state index < -0.39 is 11.7 Å². The molecule has 1 amide bonds. The second-order valence-electron chi connectivity index (χ2n) is 6.42. The minimum absolute atomic E-state index is 0.0225. The van der Waals surface area contributed by atoms with Gasteiger partial charge in [0.2, 0.25) is 0 Å². The first-order valence-corrected chi connectivity index (χ1v) is 8.81. The van der Waals surface area contributed by atoms with Gasteiger partial charge in [0.25, 0.3) is 5.91 Å². The Balaban J connectivity index is 1.61. The van der Waals surface area contributed by atoms with E-state index in [0.29, 0.717) is 5.69 Å². The third kappa shape index (κ3) is 3.22. The first-order chi connectivity index (χ1) is 12.7. The molecule has 0 atom stereocenters. The van der Waals surface area contributed by atoms with Crippen LogP contribution in [-0.4, -0.2) is 20.7 Å². The van der Waals surface area contributed by atoms with Gasteiger partial charge in [0.1, 0.15) is 11.6 Å². The molecule has 0 spiro atoms. The maximum Gasteiger partial charge on any atom is 0.258 e. The molecule has 0 aliphatic carbocycles. The Morgan fingerprint density at radius 3 is 2.81 bits per heavy atom. The molecular weight excluding hydrogens is 331 g/mol. The number of nitrogens with zero attached hydrogens (tertiary/aromatic N) is 3. The molecule has 4 rings (SSSR count). The number of nitrogens with one attached hydrogen (secondary N) is 1. The summed E-state index contributed by atoms with van der Waals surface area (Å²) in [7, 11) is 0. The van der Waals surface area contributed by atoms with Gasteiger partial charge in [-0.05, 0) is 37.1 Å². The number of hydrogen-bond acceptors (Lipinski definition) is 3. The summed E-state index contributed by atoms with van der Waals surface area (Å²) in [5.74, 6) is 0.812. The zero-order chi connectivity index (χ0) is 17.9. The zero-order valence-corrected chi connectivity index (χ0v) is 14.3. The molecule has 0 saturated heterocycles. The first-order valence-electron chi connectivity index (χ1n) is 8.81. The number of anilines is 1. The quantitative estimate of drug-likeness (QED) is 0.775. The Morgan fingerprint density at radius 2 is 1.92 bits per heavy atom. The molecule has 1 aromatic heterocycles. The van der Waals surface area contributed by atoms with Crippen molar-refractivity contribution in [3.05, 3.63) is 65.7 Å². The van der Waals surface area contributed by atoms with Crippen molar-refractivity contribution >= 4 is 11.6 Å². The number of carbonyl (C=O) groups is 1. The van der Waals surface area contributed by atoms with E-state index in [0.717, 1.165) is 43.0 Å². The largest absolute Gasteiger partial charge is 0.322 e. The highest BCUT2D eigenvalue weighted by molar-refractivity contribution is 6.04. The van der Waals surface area contributed by atoms with E-state index in [4.69, 9.17) is 0 Å². The van der Waals surface area contributed by atoms with E-state index in [-0.39, 0.29) is 5.56 Å². The van der Waals surface area contributed by atoms with Crippen LogP contribution in [0.4, 0.5) is 10.1 Å². The molecule has 1 N–H and O–H groups in total. The van der Waals surface area contributed by atoms with Gasteiger partial charge >= 0.3 is 0 Å². The number of amides is 1. The van der Waals surface area contributed by atoms with Gasteiger partial charge in [0.15, 0.2) is 5.82 Å². The molecule has 0 bridgehead atoms. The highest BCUT2D eigenvalue weighted by Crippen LogP contribution is 2.25. The molecule has 2 heterocycles. The molecule has 3 aromatic rings. The third-order valence-corrected chi connectivity index (χ3v) is 4.61. The maximum absolute atomic E-state index is 13.8. The Bertz CT molecular complexity index is 950. The summed E-state index contributed by atoms with van der Waals surface area (Å²) in [5.41, 5.74) is 1.51. The van der Waals surface area contributed by atoms with E-state index in [9.17, 15) is 9.18 Å². The highest BCUT2D eigenvalue weighted by atomic mass is 19.1.